The summed E-state index contributed by atoms with van der Waals surface area (Å²) < 4.78 is 0. The number of piperidine rings is 1. The first-order valence-electron chi connectivity index (χ1n) is 7.57. The number of nitrogens with two attached hydrogens (primary N) is 2. The molecule has 4 rings (SSSR count). The highest BCUT2D eigenvalue weighted by Crippen LogP contribution is 2.29. The normalized spacial score (nSPS) is 17.0. The second-order valence-corrected chi connectivity index (χ2v) is 6.54. The summed E-state index contributed by atoms with van der Waals surface area (Å²) in [6.07, 6.45) is 2.10. The highest BCUT2D eigenvalue weighted by molar-refractivity contribution is 7.07. The molecule has 120 valence electrons. The minimum atomic E-state index is 0.158. The van der Waals surface area contributed by atoms with Crippen molar-refractivity contribution in [1.82, 2.24) is 29.8 Å². The van der Waals surface area contributed by atoms with Crippen LogP contribution < -0.4 is 11.5 Å². The van der Waals surface area contributed by atoms with Crippen LogP contribution in [0.25, 0.3) is 11.2 Å². The minimum Gasteiger partial charge on any atom is -0.382 e. The Balaban J connectivity index is 1.47. The number of hydrogen-bond acceptors (Lipinski definition) is 8. The van der Waals surface area contributed by atoms with Gasteiger partial charge in [0.25, 0.3) is 0 Å². The van der Waals surface area contributed by atoms with Crippen molar-refractivity contribution in [1.29, 1.82) is 0 Å². The van der Waals surface area contributed by atoms with Crippen LogP contribution in [0.4, 0.5) is 11.8 Å². The quantitative estimate of drug-likeness (QED) is 0.662. The van der Waals surface area contributed by atoms with E-state index < -0.39 is 0 Å². The molecule has 0 aromatic carbocycles. The summed E-state index contributed by atoms with van der Waals surface area (Å²) in [4.78, 5) is 22.7. The molecule has 8 nitrogen and oxygen atoms in total. The minimum absolute atomic E-state index is 0.158. The van der Waals surface area contributed by atoms with E-state index in [1.54, 1.807) is 11.3 Å². The number of aromatic amines is 1. The predicted molar refractivity (Wildman–Crippen MR) is 89.9 cm³/mol. The number of H-pyrrole nitrogens is 1. The predicted octanol–water partition coefficient (Wildman–Crippen LogP) is 1.35. The van der Waals surface area contributed by atoms with E-state index in [1.807, 2.05) is 5.51 Å². The van der Waals surface area contributed by atoms with Crippen LogP contribution in [-0.4, -0.2) is 42.9 Å². The SMILES string of the molecule is Nc1nc(N)c2[nH]c(C3CCN(Cc4cscn4)CC3)nc2n1. The number of imidazole rings is 1. The lowest BCUT2D eigenvalue weighted by atomic mass is 9.96. The number of anilines is 2. The molecule has 23 heavy (non-hydrogen) atoms. The first-order chi connectivity index (χ1) is 11.2. The van der Waals surface area contributed by atoms with Gasteiger partial charge in [0.05, 0.1) is 11.2 Å². The molecule has 0 amide bonds. The van der Waals surface area contributed by atoms with Gasteiger partial charge in [-0.05, 0) is 25.9 Å². The molecule has 0 saturated carbocycles. The summed E-state index contributed by atoms with van der Waals surface area (Å²) in [5.74, 6) is 1.83. The zero-order valence-electron chi connectivity index (χ0n) is 12.6. The van der Waals surface area contributed by atoms with Gasteiger partial charge in [-0.2, -0.15) is 9.97 Å². The highest BCUT2D eigenvalue weighted by Gasteiger charge is 2.24. The monoisotopic (exact) mass is 330 g/mol. The third kappa shape index (κ3) is 2.84. The van der Waals surface area contributed by atoms with Crippen molar-refractivity contribution in [2.24, 2.45) is 0 Å². The van der Waals surface area contributed by atoms with Crippen LogP contribution in [0, 0.1) is 0 Å². The second-order valence-electron chi connectivity index (χ2n) is 5.82. The third-order valence-corrected chi connectivity index (χ3v) is 4.89. The number of thiazole rings is 1. The summed E-state index contributed by atoms with van der Waals surface area (Å²) in [5.41, 5.74) is 15.8. The molecule has 0 aliphatic carbocycles. The summed E-state index contributed by atoms with van der Waals surface area (Å²) in [6, 6.07) is 0. The Morgan fingerprint density at radius 2 is 2.04 bits per heavy atom. The van der Waals surface area contributed by atoms with Gasteiger partial charge in [0, 0.05) is 17.8 Å². The van der Waals surface area contributed by atoms with Crippen LogP contribution in [0.3, 0.4) is 0 Å². The van der Waals surface area contributed by atoms with Crippen LogP contribution in [-0.2, 0) is 6.54 Å². The van der Waals surface area contributed by atoms with Crippen molar-refractivity contribution in [3.8, 4) is 0 Å². The van der Waals surface area contributed by atoms with Crippen molar-refractivity contribution in [3.63, 3.8) is 0 Å². The van der Waals surface area contributed by atoms with Crippen molar-refractivity contribution in [2.45, 2.75) is 25.3 Å². The molecule has 0 atom stereocenters. The van der Waals surface area contributed by atoms with E-state index in [2.05, 4.69) is 35.2 Å². The lowest BCUT2D eigenvalue weighted by Crippen LogP contribution is -2.32. The Morgan fingerprint density at radius 1 is 1.22 bits per heavy atom. The van der Waals surface area contributed by atoms with Gasteiger partial charge in [0.15, 0.2) is 11.5 Å². The Bertz CT molecular complexity index is 804. The summed E-state index contributed by atoms with van der Waals surface area (Å²) >= 11 is 1.64. The van der Waals surface area contributed by atoms with Gasteiger partial charge in [0.2, 0.25) is 5.95 Å². The van der Waals surface area contributed by atoms with Gasteiger partial charge in [0.1, 0.15) is 11.3 Å². The second kappa shape index (κ2) is 5.74. The topological polar surface area (TPSA) is 123 Å². The number of hydrogen-bond donors (Lipinski definition) is 3. The number of aromatic nitrogens is 5. The Morgan fingerprint density at radius 3 is 2.78 bits per heavy atom. The van der Waals surface area contributed by atoms with Gasteiger partial charge >= 0.3 is 0 Å². The first kappa shape index (κ1) is 14.3. The number of nitrogens with zero attached hydrogens (tertiary/aromatic N) is 5. The molecule has 9 heteroatoms. The zero-order chi connectivity index (χ0) is 15.8. The molecule has 1 aliphatic rings. The molecule has 1 saturated heterocycles. The average Bonchev–Trinajstić information content (AvgIpc) is 3.17. The van der Waals surface area contributed by atoms with E-state index in [0.29, 0.717) is 22.9 Å². The van der Waals surface area contributed by atoms with Gasteiger partial charge in [-0.15, -0.1) is 11.3 Å². The smallest absolute Gasteiger partial charge is 0.224 e. The van der Waals surface area contributed by atoms with Crippen LogP contribution >= 0.6 is 11.3 Å². The molecule has 5 N–H and O–H groups in total. The molecule has 0 spiro atoms. The first-order valence-corrected chi connectivity index (χ1v) is 8.51. The van der Waals surface area contributed by atoms with Gasteiger partial charge in [-0.25, -0.2) is 9.97 Å². The van der Waals surface area contributed by atoms with Crippen molar-refractivity contribution >= 4 is 34.3 Å². The van der Waals surface area contributed by atoms with Crippen LogP contribution in [0.1, 0.15) is 30.3 Å². The highest BCUT2D eigenvalue weighted by atomic mass is 32.1. The summed E-state index contributed by atoms with van der Waals surface area (Å²) in [7, 11) is 0. The molecule has 3 aromatic heterocycles. The maximum Gasteiger partial charge on any atom is 0.224 e. The van der Waals surface area contributed by atoms with Gasteiger partial charge < -0.3 is 16.5 Å². The molecular weight excluding hydrogens is 312 g/mol. The van der Waals surface area contributed by atoms with Crippen molar-refractivity contribution in [3.05, 3.63) is 22.4 Å². The molecule has 0 unspecified atom stereocenters. The molecule has 4 heterocycles. The fourth-order valence-electron chi connectivity index (χ4n) is 3.06. The average molecular weight is 330 g/mol. The van der Waals surface area contributed by atoms with Crippen molar-refractivity contribution < 1.29 is 0 Å². The maximum atomic E-state index is 5.88. The van der Waals surface area contributed by atoms with E-state index in [1.165, 1.54) is 0 Å². The van der Waals surface area contributed by atoms with E-state index in [0.717, 1.165) is 44.0 Å². The van der Waals surface area contributed by atoms with Crippen LogP contribution in [0.15, 0.2) is 10.9 Å². The Hall–Kier alpha value is -2.26. The van der Waals surface area contributed by atoms with E-state index in [-0.39, 0.29) is 5.95 Å². The molecular formula is C14H18N8S. The molecule has 0 radical (unpaired) electrons. The number of fused-ring (bicyclic) bond motifs is 1. The largest absolute Gasteiger partial charge is 0.382 e. The lowest BCUT2D eigenvalue weighted by molar-refractivity contribution is 0.200. The Kier molecular flexibility index (Phi) is 3.58. The summed E-state index contributed by atoms with van der Waals surface area (Å²) in [6.45, 7) is 2.98. The zero-order valence-corrected chi connectivity index (χ0v) is 13.4. The van der Waals surface area contributed by atoms with E-state index in [4.69, 9.17) is 11.5 Å². The number of rotatable bonds is 3. The fraction of sp³-hybridized carbons (Fsp3) is 0.429. The standard InChI is InChI=1S/C14H18N8S/c15-11-10-13(21-14(16)19-11)20-12(18-10)8-1-3-22(4-2-8)5-9-6-23-7-17-9/h6-8H,1-5H2,(H5,15,16,18,19,20,21). The molecule has 0 bridgehead atoms. The fourth-order valence-corrected chi connectivity index (χ4v) is 3.61. The molecule has 3 aromatic rings. The van der Waals surface area contributed by atoms with E-state index in [9.17, 15) is 0 Å². The summed E-state index contributed by atoms with van der Waals surface area (Å²) in [5, 5.41) is 2.11. The van der Waals surface area contributed by atoms with Gasteiger partial charge in [-0.3, -0.25) is 4.90 Å². The van der Waals surface area contributed by atoms with Crippen LogP contribution in [0.5, 0.6) is 0 Å². The third-order valence-electron chi connectivity index (χ3n) is 4.26. The van der Waals surface area contributed by atoms with Crippen molar-refractivity contribution in [2.75, 3.05) is 24.6 Å². The maximum absolute atomic E-state index is 5.88. The molecule has 1 fully saturated rings. The number of nitrogen functional groups attached to an aromatic ring is 2. The lowest BCUT2D eigenvalue weighted by Gasteiger charge is -2.30. The van der Waals surface area contributed by atoms with Gasteiger partial charge in [-0.1, -0.05) is 0 Å². The number of nitrogens with one attached hydrogen (secondary N) is 1. The number of likely N-dealkylation sites (tertiary alicyclic amines) is 1. The Labute approximate surface area is 137 Å². The molecule has 1 aliphatic heterocycles. The van der Waals surface area contributed by atoms with Crippen LogP contribution in [0.2, 0.25) is 0 Å². The van der Waals surface area contributed by atoms with E-state index >= 15 is 0 Å².